The van der Waals surface area contributed by atoms with E-state index in [9.17, 15) is 4.39 Å². The lowest BCUT2D eigenvalue weighted by Gasteiger charge is -2.43. The van der Waals surface area contributed by atoms with Crippen molar-refractivity contribution in [2.75, 3.05) is 20.1 Å². The van der Waals surface area contributed by atoms with Gasteiger partial charge in [-0.15, -0.1) is 0 Å². The van der Waals surface area contributed by atoms with Gasteiger partial charge in [-0.2, -0.15) is 0 Å². The van der Waals surface area contributed by atoms with Gasteiger partial charge < -0.3 is 5.32 Å². The lowest BCUT2D eigenvalue weighted by molar-refractivity contribution is 0.0943. The van der Waals surface area contributed by atoms with Crippen LogP contribution in [0.25, 0.3) is 0 Å². The van der Waals surface area contributed by atoms with Gasteiger partial charge in [-0.25, -0.2) is 4.39 Å². The van der Waals surface area contributed by atoms with Crippen molar-refractivity contribution in [1.82, 2.24) is 10.2 Å². The van der Waals surface area contributed by atoms with Gasteiger partial charge in [-0.1, -0.05) is 35.8 Å². The van der Waals surface area contributed by atoms with E-state index in [1.54, 1.807) is 0 Å². The van der Waals surface area contributed by atoms with E-state index < -0.39 is 0 Å². The van der Waals surface area contributed by atoms with Crippen LogP contribution in [-0.2, 0) is 6.42 Å². The molecule has 0 aliphatic rings. The molecule has 114 valence electrons. The molecular formula is C16H26BrFN2. The molecule has 0 saturated heterocycles. The van der Waals surface area contributed by atoms with Crippen molar-refractivity contribution in [1.29, 1.82) is 0 Å². The Bertz CT molecular complexity index is 430. The fourth-order valence-corrected chi connectivity index (χ4v) is 3.38. The molecule has 1 N–H and O–H groups in total. The molecule has 2 nitrogen and oxygen atoms in total. The summed E-state index contributed by atoms with van der Waals surface area (Å²) in [5.74, 6) is -0.204. The molecule has 0 fully saturated rings. The average molecular weight is 345 g/mol. The molecule has 1 aromatic carbocycles. The standard InChI is InChI=1S/C16H26BrFN2/c1-6-20(7-2)16(3,4)15(19-5)10-12-8-9-13(18)11-14(12)17/h8-9,11,15,19H,6-7,10H2,1-5H3. The Kier molecular flexibility index (Phi) is 6.62. The van der Waals surface area contributed by atoms with E-state index >= 15 is 0 Å². The number of nitrogens with zero attached hydrogens (tertiary/aromatic N) is 1. The second-order valence-corrected chi connectivity index (χ2v) is 6.46. The van der Waals surface area contributed by atoms with Crippen molar-refractivity contribution in [3.05, 3.63) is 34.1 Å². The zero-order valence-electron chi connectivity index (χ0n) is 13.1. The van der Waals surface area contributed by atoms with Crippen LogP contribution in [-0.4, -0.2) is 36.6 Å². The number of likely N-dealkylation sites (N-methyl/N-ethyl adjacent to an activating group) is 2. The van der Waals surface area contributed by atoms with Crippen molar-refractivity contribution in [2.45, 2.75) is 45.7 Å². The third kappa shape index (κ3) is 4.03. The first-order valence-electron chi connectivity index (χ1n) is 7.23. The van der Waals surface area contributed by atoms with Crippen LogP contribution in [0.3, 0.4) is 0 Å². The molecule has 0 radical (unpaired) electrons. The highest BCUT2D eigenvalue weighted by atomic mass is 79.9. The number of halogens is 2. The average Bonchev–Trinajstić information content (AvgIpc) is 2.38. The van der Waals surface area contributed by atoms with Crippen molar-refractivity contribution >= 4 is 15.9 Å². The van der Waals surface area contributed by atoms with Crippen LogP contribution >= 0.6 is 15.9 Å². The maximum atomic E-state index is 13.2. The number of hydrogen-bond donors (Lipinski definition) is 1. The van der Waals surface area contributed by atoms with E-state index in [0.29, 0.717) is 6.04 Å². The lowest BCUT2D eigenvalue weighted by atomic mass is 9.87. The maximum Gasteiger partial charge on any atom is 0.124 e. The first-order valence-corrected chi connectivity index (χ1v) is 8.02. The lowest BCUT2D eigenvalue weighted by Crippen LogP contribution is -2.57. The topological polar surface area (TPSA) is 15.3 Å². The van der Waals surface area contributed by atoms with E-state index in [1.165, 1.54) is 12.1 Å². The van der Waals surface area contributed by atoms with Crippen molar-refractivity contribution in [2.24, 2.45) is 0 Å². The van der Waals surface area contributed by atoms with Gasteiger partial charge in [0.15, 0.2) is 0 Å². The Morgan fingerprint density at radius 1 is 1.30 bits per heavy atom. The smallest absolute Gasteiger partial charge is 0.124 e. The maximum absolute atomic E-state index is 13.2. The second kappa shape index (κ2) is 7.53. The summed E-state index contributed by atoms with van der Waals surface area (Å²) >= 11 is 3.46. The summed E-state index contributed by atoms with van der Waals surface area (Å²) in [4.78, 5) is 2.45. The van der Waals surface area contributed by atoms with E-state index in [1.807, 2.05) is 13.1 Å². The Hall–Kier alpha value is -0.450. The predicted molar refractivity (Wildman–Crippen MR) is 87.7 cm³/mol. The third-order valence-electron chi connectivity index (χ3n) is 4.22. The number of benzene rings is 1. The number of hydrogen-bond acceptors (Lipinski definition) is 2. The van der Waals surface area contributed by atoms with E-state index in [0.717, 1.165) is 29.5 Å². The van der Waals surface area contributed by atoms with Gasteiger partial charge in [0.05, 0.1) is 0 Å². The summed E-state index contributed by atoms with van der Waals surface area (Å²) in [6, 6.07) is 5.22. The molecule has 0 bridgehead atoms. The van der Waals surface area contributed by atoms with Crippen LogP contribution in [0.4, 0.5) is 4.39 Å². The van der Waals surface area contributed by atoms with E-state index in [-0.39, 0.29) is 11.4 Å². The zero-order chi connectivity index (χ0) is 15.3. The highest BCUT2D eigenvalue weighted by Gasteiger charge is 2.33. The first-order chi connectivity index (χ1) is 9.36. The van der Waals surface area contributed by atoms with Gasteiger partial charge in [0, 0.05) is 16.1 Å². The van der Waals surface area contributed by atoms with Crippen LogP contribution in [0.1, 0.15) is 33.3 Å². The fourth-order valence-electron chi connectivity index (χ4n) is 2.87. The molecule has 0 heterocycles. The molecule has 0 spiro atoms. The minimum Gasteiger partial charge on any atom is -0.315 e. The summed E-state index contributed by atoms with van der Waals surface area (Å²) < 4.78 is 14.0. The Balaban J connectivity index is 2.96. The summed E-state index contributed by atoms with van der Waals surface area (Å²) in [6.07, 6.45) is 0.862. The molecule has 0 aliphatic carbocycles. The predicted octanol–water partition coefficient (Wildman–Crippen LogP) is 3.84. The van der Waals surface area contributed by atoms with Gasteiger partial charge in [-0.05, 0) is 58.1 Å². The monoisotopic (exact) mass is 344 g/mol. The van der Waals surface area contributed by atoms with Gasteiger partial charge in [0.25, 0.3) is 0 Å². The third-order valence-corrected chi connectivity index (χ3v) is 4.96. The molecule has 0 aromatic heterocycles. The summed E-state index contributed by atoms with van der Waals surface area (Å²) in [6.45, 7) is 10.9. The number of rotatable bonds is 7. The molecule has 0 amide bonds. The molecule has 0 saturated carbocycles. The van der Waals surface area contributed by atoms with Crippen LogP contribution in [0.2, 0.25) is 0 Å². The van der Waals surface area contributed by atoms with Gasteiger partial charge in [0.1, 0.15) is 5.82 Å². The number of nitrogens with one attached hydrogen (secondary N) is 1. The quantitative estimate of drug-likeness (QED) is 0.808. The Morgan fingerprint density at radius 2 is 1.90 bits per heavy atom. The van der Waals surface area contributed by atoms with Crippen LogP contribution in [0, 0.1) is 5.82 Å². The van der Waals surface area contributed by atoms with Crippen LogP contribution < -0.4 is 5.32 Å². The van der Waals surface area contributed by atoms with Gasteiger partial charge >= 0.3 is 0 Å². The summed E-state index contributed by atoms with van der Waals surface area (Å²) in [5.41, 5.74) is 1.16. The molecule has 4 heteroatoms. The molecule has 1 unspecified atom stereocenters. The van der Waals surface area contributed by atoms with Gasteiger partial charge in [-0.3, -0.25) is 4.90 Å². The van der Waals surface area contributed by atoms with E-state index in [2.05, 4.69) is 53.8 Å². The SMILES string of the molecule is CCN(CC)C(C)(C)C(Cc1ccc(F)cc1Br)NC. The minimum absolute atomic E-state index is 0.0338. The van der Waals surface area contributed by atoms with Crippen LogP contribution in [0.15, 0.2) is 22.7 Å². The normalized spacial score (nSPS) is 13.8. The van der Waals surface area contributed by atoms with Crippen molar-refractivity contribution < 1.29 is 4.39 Å². The zero-order valence-corrected chi connectivity index (χ0v) is 14.7. The molecular weight excluding hydrogens is 319 g/mol. The molecule has 0 aliphatic heterocycles. The van der Waals surface area contributed by atoms with Crippen LogP contribution in [0.5, 0.6) is 0 Å². The Labute approximate surface area is 130 Å². The van der Waals surface area contributed by atoms with Gasteiger partial charge in [0.2, 0.25) is 0 Å². The summed E-state index contributed by atoms with van der Waals surface area (Å²) in [5, 5.41) is 3.43. The largest absolute Gasteiger partial charge is 0.315 e. The summed E-state index contributed by atoms with van der Waals surface area (Å²) in [7, 11) is 1.99. The minimum atomic E-state index is -0.204. The van der Waals surface area contributed by atoms with E-state index in [4.69, 9.17) is 0 Å². The molecule has 20 heavy (non-hydrogen) atoms. The highest BCUT2D eigenvalue weighted by molar-refractivity contribution is 9.10. The first kappa shape index (κ1) is 17.6. The molecule has 1 aromatic rings. The Morgan fingerprint density at radius 3 is 2.35 bits per heavy atom. The van der Waals surface area contributed by atoms with Crippen molar-refractivity contribution in [3.63, 3.8) is 0 Å². The highest BCUT2D eigenvalue weighted by Crippen LogP contribution is 2.25. The molecule has 1 atom stereocenters. The fraction of sp³-hybridized carbons (Fsp3) is 0.625. The molecule has 1 rings (SSSR count). The van der Waals surface area contributed by atoms with Crippen molar-refractivity contribution in [3.8, 4) is 0 Å². The second-order valence-electron chi connectivity index (χ2n) is 5.61.